The van der Waals surface area contributed by atoms with Crippen molar-refractivity contribution in [2.45, 2.75) is 6.92 Å². The summed E-state index contributed by atoms with van der Waals surface area (Å²) in [6.45, 7) is 2.55. The van der Waals surface area contributed by atoms with Crippen molar-refractivity contribution in [3.05, 3.63) is 54.2 Å². The van der Waals surface area contributed by atoms with Crippen LogP contribution < -0.4 is 15.5 Å². The summed E-state index contributed by atoms with van der Waals surface area (Å²) < 4.78 is 5.55. The fourth-order valence-corrected chi connectivity index (χ4v) is 2.38. The van der Waals surface area contributed by atoms with Crippen LogP contribution in [0, 0.1) is 0 Å². The Balaban J connectivity index is 1.61. The first-order valence-electron chi connectivity index (χ1n) is 7.51. The van der Waals surface area contributed by atoms with Crippen LogP contribution in [0.4, 0.5) is 5.69 Å². The summed E-state index contributed by atoms with van der Waals surface area (Å²) in [5.74, 6) is 0.786. The van der Waals surface area contributed by atoms with Crippen molar-refractivity contribution in [1.82, 2.24) is 15.6 Å². The molecular formula is C17H17N5OS. The standard InChI is InChI=1S/C17H17N5OS/c1-2-23-16-6-4-3-5-13(16)11-19-22-17(24)20-14-8-7-12-10-18-21-15(12)9-14/h3-11H,2H2,1H3,(H,18,21)(H2,20,22,24)/b19-11+. The van der Waals surface area contributed by atoms with Gasteiger partial charge in [-0.1, -0.05) is 12.1 Å². The van der Waals surface area contributed by atoms with E-state index in [0.29, 0.717) is 11.7 Å². The molecule has 1 heterocycles. The molecule has 24 heavy (non-hydrogen) atoms. The van der Waals surface area contributed by atoms with Crippen LogP contribution in [0.3, 0.4) is 0 Å². The van der Waals surface area contributed by atoms with Crippen molar-refractivity contribution >= 4 is 40.1 Å². The number of fused-ring (bicyclic) bond motifs is 1. The highest BCUT2D eigenvalue weighted by Crippen LogP contribution is 2.17. The van der Waals surface area contributed by atoms with Crippen LogP contribution in [0.1, 0.15) is 12.5 Å². The second-order valence-electron chi connectivity index (χ2n) is 4.97. The van der Waals surface area contributed by atoms with Gasteiger partial charge in [-0.3, -0.25) is 10.5 Å². The van der Waals surface area contributed by atoms with Crippen molar-refractivity contribution in [3.8, 4) is 5.75 Å². The Morgan fingerprint density at radius 3 is 3.08 bits per heavy atom. The fraction of sp³-hybridized carbons (Fsp3) is 0.118. The van der Waals surface area contributed by atoms with Gasteiger partial charge in [0.1, 0.15) is 5.75 Å². The molecule has 0 atom stereocenters. The predicted molar refractivity (Wildman–Crippen MR) is 101 cm³/mol. The molecule has 0 saturated carbocycles. The van der Waals surface area contributed by atoms with Gasteiger partial charge in [0.05, 0.1) is 24.5 Å². The van der Waals surface area contributed by atoms with Gasteiger partial charge < -0.3 is 10.1 Å². The van der Waals surface area contributed by atoms with Gasteiger partial charge in [0.15, 0.2) is 5.11 Å². The van der Waals surface area contributed by atoms with Gasteiger partial charge in [0.2, 0.25) is 0 Å². The number of thiocarbonyl (C=S) groups is 1. The Kier molecular flexibility index (Phi) is 5.02. The highest BCUT2D eigenvalue weighted by atomic mass is 32.1. The van der Waals surface area contributed by atoms with E-state index in [1.165, 1.54) is 0 Å². The Morgan fingerprint density at radius 2 is 2.21 bits per heavy atom. The summed E-state index contributed by atoms with van der Waals surface area (Å²) in [6, 6.07) is 13.5. The second-order valence-corrected chi connectivity index (χ2v) is 5.38. The van der Waals surface area contributed by atoms with Gasteiger partial charge in [-0.05, 0) is 49.5 Å². The van der Waals surface area contributed by atoms with Crippen LogP contribution in [0.5, 0.6) is 5.75 Å². The van der Waals surface area contributed by atoms with Gasteiger partial charge in [-0.2, -0.15) is 10.2 Å². The SMILES string of the molecule is CCOc1ccccc1/C=N/NC(=S)Nc1ccc2cn[nH]c2c1. The lowest BCUT2D eigenvalue weighted by atomic mass is 10.2. The molecule has 6 nitrogen and oxygen atoms in total. The zero-order chi connectivity index (χ0) is 16.8. The zero-order valence-electron chi connectivity index (χ0n) is 13.1. The van der Waals surface area contributed by atoms with Crippen LogP contribution in [0.2, 0.25) is 0 Å². The third-order valence-corrected chi connectivity index (χ3v) is 3.48. The summed E-state index contributed by atoms with van der Waals surface area (Å²) in [6.07, 6.45) is 3.45. The molecule has 1 aromatic heterocycles. The average Bonchev–Trinajstić information content (AvgIpc) is 3.04. The molecule has 3 N–H and O–H groups in total. The Labute approximate surface area is 144 Å². The lowest BCUT2D eigenvalue weighted by Crippen LogP contribution is -2.23. The molecule has 0 spiro atoms. The minimum absolute atomic E-state index is 0.402. The maximum Gasteiger partial charge on any atom is 0.191 e. The molecule has 3 aromatic rings. The van der Waals surface area contributed by atoms with Gasteiger partial charge in [-0.25, -0.2) is 0 Å². The number of nitrogens with one attached hydrogen (secondary N) is 3. The maximum absolute atomic E-state index is 5.55. The second kappa shape index (κ2) is 7.56. The number of para-hydroxylation sites is 1. The molecule has 2 aromatic carbocycles. The summed E-state index contributed by atoms with van der Waals surface area (Å²) in [7, 11) is 0. The fourth-order valence-electron chi connectivity index (χ4n) is 2.21. The molecule has 0 aliphatic rings. The third-order valence-electron chi connectivity index (χ3n) is 3.29. The molecular weight excluding hydrogens is 322 g/mol. The molecule has 0 aliphatic carbocycles. The summed E-state index contributed by atoms with van der Waals surface area (Å²) in [4.78, 5) is 0. The first-order valence-corrected chi connectivity index (χ1v) is 7.92. The molecule has 7 heteroatoms. The minimum atomic E-state index is 0.402. The Morgan fingerprint density at radius 1 is 1.33 bits per heavy atom. The number of rotatable bonds is 5. The van der Waals surface area contributed by atoms with Crippen molar-refractivity contribution in [2.24, 2.45) is 5.10 Å². The molecule has 0 fully saturated rings. The molecule has 0 aliphatic heterocycles. The van der Waals surface area contributed by atoms with Crippen LogP contribution in [0.15, 0.2) is 53.8 Å². The van der Waals surface area contributed by atoms with E-state index in [-0.39, 0.29) is 0 Å². The smallest absolute Gasteiger partial charge is 0.191 e. The third kappa shape index (κ3) is 3.88. The number of benzene rings is 2. The molecule has 122 valence electrons. The summed E-state index contributed by atoms with van der Waals surface area (Å²) >= 11 is 5.24. The average molecular weight is 339 g/mol. The summed E-state index contributed by atoms with van der Waals surface area (Å²) in [5.41, 5.74) is 5.48. The van der Waals surface area contributed by atoms with Gasteiger partial charge in [-0.15, -0.1) is 0 Å². The normalized spacial score (nSPS) is 10.9. The van der Waals surface area contributed by atoms with Crippen molar-refractivity contribution in [1.29, 1.82) is 0 Å². The molecule has 0 unspecified atom stereocenters. The topological polar surface area (TPSA) is 74.3 Å². The monoisotopic (exact) mass is 339 g/mol. The van der Waals surface area contributed by atoms with Crippen molar-refractivity contribution in [2.75, 3.05) is 11.9 Å². The van der Waals surface area contributed by atoms with E-state index >= 15 is 0 Å². The van der Waals surface area contributed by atoms with Gasteiger partial charge in [0, 0.05) is 16.6 Å². The number of aromatic amines is 1. The number of nitrogens with zero attached hydrogens (tertiary/aromatic N) is 2. The quantitative estimate of drug-likeness (QED) is 0.378. The largest absolute Gasteiger partial charge is 0.493 e. The molecule has 0 radical (unpaired) electrons. The number of H-pyrrole nitrogens is 1. The Bertz CT molecular complexity index is 874. The van der Waals surface area contributed by atoms with E-state index in [0.717, 1.165) is 27.9 Å². The Hall–Kier alpha value is -2.93. The van der Waals surface area contributed by atoms with E-state index < -0.39 is 0 Å². The molecule has 0 saturated heterocycles. The number of hydrogen-bond donors (Lipinski definition) is 3. The van der Waals surface area contributed by atoms with Crippen molar-refractivity contribution in [3.63, 3.8) is 0 Å². The molecule has 0 bridgehead atoms. The first-order chi connectivity index (χ1) is 11.8. The highest BCUT2D eigenvalue weighted by Gasteiger charge is 2.01. The van der Waals surface area contributed by atoms with Gasteiger partial charge >= 0.3 is 0 Å². The lowest BCUT2D eigenvalue weighted by molar-refractivity contribution is 0.340. The predicted octanol–water partition coefficient (Wildman–Crippen LogP) is 3.28. The lowest BCUT2D eigenvalue weighted by Gasteiger charge is -2.08. The van der Waals surface area contributed by atoms with E-state index in [9.17, 15) is 0 Å². The van der Waals surface area contributed by atoms with Crippen LogP contribution >= 0.6 is 12.2 Å². The van der Waals surface area contributed by atoms with E-state index in [2.05, 4.69) is 26.0 Å². The molecule has 3 rings (SSSR count). The first kappa shape index (κ1) is 15.9. The summed E-state index contributed by atoms with van der Waals surface area (Å²) in [5, 5.41) is 15.6. The highest BCUT2D eigenvalue weighted by molar-refractivity contribution is 7.80. The van der Waals surface area contributed by atoms with E-state index in [4.69, 9.17) is 17.0 Å². The number of hydrazone groups is 1. The zero-order valence-corrected chi connectivity index (χ0v) is 13.9. The van der Waals surface area contributed by atoms with Gasteiger partial charge in [0.25, 0.3) is 0 Å². The number of aromatic nitrogens is 2. The number of ether oxygens (including phenoxy) is 1. The van der Waals surface area contributed by atoms with Crippen molar-refractivity contribution < 1.29 is 4.74 Å². The van der Waals surface area contributed by atoms with E-state index in [1.54, 1.807) is 12.4 Å². The van der Waals surface area contributed by atoms with E-state index in [1.807, 2.05) is 49.4 Å². The molecule has 0 amide bonds. The van der Waals surface area contributed by atoms with Crippen LogP contribution in [-0.2, 0) is 0 Å². The maximum atomic E-state index is 5.55. The number of anilines is 1. The number of hydrogen-bond acceptors (Lipinski definition) is 4. The van der Waals surface area contributed by atoms with Crippen LogP contribution in [0.25, 0.3) is 10.9 Å². The minimum Gasteiger partial charge on any atom is -0.493 e. The van der Waals surface area contributed by atoms with Crippen LogP contribution in [-0.4, -0.2) is 28.1 Å².